The van der Waals surface area contributed by atoms with E-state index in [1.165, 1.54) is 17.6 Å². The van der Waals surface area contributed by atoms with Crippen molar-refractivity contribution >= 4 is 17.7 Å². The number of aromatic nitrogens is 3. The van der Waals surface area contributed by atoms with Gasteiger partial charge in [-0.2, -0.15) is 0 Å². The molecule has 5 nitrogen and oxygen atoms in total. The van der Waals surface area contributed by atoms with Gasteiger partial charge in [-0.25, -0.2) is 4.79 Å². The fourth-order valence-corrected chi connectivity index (χ4v) is 3.46. The number of rotatable bonds is 3. The summed E-state index contributed by atoms with van der Waals surface area (Å²) in [6.07, 6.45) is 2.66. The molecule has 1 aromatic heterocycles. The van der Waals surface area contributed by atoms with Crippen molar-refractivity contribution in [1.82, 2.24) is 15.0 Å². The standard InChI is InChI=1S/C13H13N3O2S/c1-18-13(17)11-8-16(15-14-11)7-10-6-9-4-2-3-5-12(9)19-10/h2-5,8,10H,6-7H2,1H3. The highest BCUT2D eigenvalue weighted by molar-refractivity contribution is 8.00. The smallest absolute Gasteiger partial charge is 0.360 e. The normalized spacial score (nSPS) is 17.2. The molecule has 98 valence electrons. The fourth-order valence-electron chi connectivity index (χ4n) is 2.15. The van der Waals surface area contributed by atoms with Gasteiger partial charge in [-0.15, -0.1) is 16.9 Å². The number of hydrogen-bond donors (Lipinski definition) is 0. The van der Waals surface area contributed by atoms with Crippen LogP contribution in [-0.2, 0) is 17.7 Å². The number of ether oxygens (including phenoxy) is 1. The molecule has 1 atom stereocenters. The van der Waals surface area contributed by atoms with E-state index in [1.54, 1.807) is 10.9 Å². The van der Waals surface area contributed by atoms with E-state index in [0.717, 1.165) is 13.0 Å². The van der Waals surface area contributed by atoms with Crippen molar-refractivity contribution in [3.8, 4) is 0 Å². The zero-order valence-corrected chi connectivity index (χ0v) is 11.3. The molecule has 2 aromatic rings. The van der Waals surface area contributed by atoms with E-state index in [9.17, 15) is 4.79 Å². The van der Waals surface area contributed by atoms with Gasteiger partial charge < -0.3 is 4.74 Å². The van der Waals surface area contributed by atoms with Crippen molar-refractivity contribution in [3.63, 3.8) is 0 Å². The van der Waals surface area contributed by atoms with Gasteiger partial charge in [0.25, 0.3) is 0 Å². The molecule has 0 saturated carbocycles. The zero-order chi connectivity index (χ0) is 13.2. The Balaban J connectivity index is 1.68. The Morgan fingerprint density at radius 1 is 1.53 bits per heavy atom. The van der Waals surface area contributed by atoms with Crippen molar-refractivity contribution in [3.05, 3.63) is 41.7 Å². The van der Waals surface area contributed by atoms with Gasteiger partial charge >= 0.3 is 5.97 Å². The van der Waals surface area contributed by atoms with Crippen molar-refractivity contribution in [1.29, 1.82) is 0 Å². The molecule has 0 saturated heterocycles. The molecule has 6 heteroatoms. The van der Waals surface area contributed by atoms with Gasteiger partial charge in [0, 0.05) is 10.1 Å². The van der Waals surface area contributed by atoms with Crippen LogP contribution in [0.1, 0.15) is 16.1 Å². The van der Waals surface area contributed by atoms with E-state index < -0.39 is 5.97 Å². The number of esters is 1. The molecule has 19 heavy (non-hydrogen) atoms. The molecule has 2 heterocycles. The third-order valence-corrected chi connectivity index (χ3v) is 4.34. The van der Waals surface area contributed by atoms with Crippen LogP contribution in [0.4, 0.5) is 0 Å². The summed E-state index contributed by atoms with van der Waals surface area (Å²) < 4.78 is 6.31. The molecule has 3 rings (SSSR count). The molecule has 0 fully saturated rings. The first-order valence-corrected chi connectivity index (χ1v) is 6.87. The molecular weight excluding hydrogens is 262 g/mol. The maximum Gasteiger partial charge on any atom is 0.360 e. The van der Waals surface area contributed by atoms with Crippen LogP contribution in [0, 0.1) is 0 Å². The molecule has 1 aliphatic heterocycles. The topological polar surface area (TPSA) is 57.0 Å². The van der Waals surface area contributed by atoms with E-state index in [2.05, 4.69) is 39.3 Å². The quantitative estimate of drug-likeness (QED) is 0.799. The number of thioether (sulfide) groups is 1. The van der Waals surface area contributed by atoms with E-state index >= 15 is 0 Å². The number of nitrogens with zero attached hydrogens (tertiary/aromatic N) is 3. The van der Waals surface area contributed by atoms with Crippen molar-refractivity contribution < 1.29 is 9.53 Å². The minimum Gasteiger partial charge on any atom is -0.464 e. The average Bonchev–Trinajstić information content (AvgIpc) is 3.04. The molecule has 0 N–H and O–H groups in total. The lowest BCUT2D eigenvalue weighted by Crippen LogP contribution is -2.12. The van der Waals surface area contributed by atoms with Gasteiger partial charge in [-0.3, -0.25) is 4.68 Å². The number of carbonyl (C=O) groups is 1. The molecule has 1 unspecified atom stereocenters. The van der Waals surface area contributed by atoms with E-state index in [-0.39, 0.29) is 5.69 Å². The highest BCUT2D eigenvalue weighted by Gasteiger charge is 2.23. The summed E-state index contributed by atoms with van der Waals surface area (Å²) in [5.41, 5.74) is 1.63. The second kappa shape index (κ2) is 5.05. The maximum atomic E-state index is 11.3. The first-order chi connectivity index (χ1) is 9.26. The van der Waals surface area contributed by atoms with E-state index in [1.807, 2.05) is 11.8 Å². The number of hydrogen-bond acceptors (Lipinski definition) is 5. The van der Waals surface area contributed by atoms with E-state index in [4.69, 9.17) is 0 Å². The summed E-state index contributed by atoms with van der Waals surface area (Å²) in [4.78, 5) is 12.6. The van der Waals surface area contributed by atoms with Gasteiger partial charge in [0.1, 0.15) is 0 Å². The van der Waals surface area contributed by atoms with Gasteiger partial charge in [-0.1, -0.05) is 23.4 Å². The van der Waals surface area contributed by atoms with Crippen molar-refractivity contribution in [2.24, 2.45) is 0 Å². The SMILES string of the molecule is COC(=O)c1cn(CC2Cc3ccccc3S2)nn1. The van der Waals surface area contributed by atoms with Gasteiger partial charge in [0.05, 0.1) is 19.9 Å². The van der Waals surface area contributed by atoms with Gasteiger partial charge in [-0.05, 0) is 18.1 Å². The van der Waals surface area contributed by atoms with Crippen molar-refractivity contribution in [2.75, 3.05) is 7.11 Å². The minimum absolute atomic E-state index is 0.253. The van der Waals surface area contributed by atoms with Crippen LogP contribution < -0.4 is 0 Å². The summed E-state index contributed by atoms with van der Waals surface area (Å²) >= 11 is 1.85. The van der Waals surface area contributed by atoms with Gasteiger partial charge in [0.2, 0.25) is 0 Å². The third kappa shape index (κ3) is 2.49. The molecule has 0 amide bonds. The van der Waals surface area contributed by atoms with Crippen LogP contribution in [0.15, 0.2) is 35.4 Å². The Labute approximate surface area is 115 Å². The number of methoxy groups -OCH3 is 1. The molecule has 0 aliphatic carbocycles. The Morgan fingerprint density at radius 2 is 2.37 bits per heavy atom. The van der Waals surface area contributed by atoms with Crippen LogP contribution in [0.5, 0.6) is 0 Å². The predicted octanol–water partition coefficient (Wildman–Crippen LogP) is 1.78. The Morgan fingerprint density at radius 3 is 3.16 bits per heavy atom. The minimum atomic E-state index is -0.450. The highest BCUT2D eigenvalue weighted by Crippen LogP contribution is 2.37. The van der Waals surface area contributed by atoms with Crippen LogP contribution >= 0.6 is 11.8 Å². The summed E-state index contributed by atoms with van der Waals surface area (Å²) in [6, 6.07) is 8.41. The Bertz CT molecular complexity index is 586. The summed E-state index contributed by atoms with van der Waals surface area (Å²) in [5, 5.41) is 8.21. The number of benzene rings is 1. The largest absolute Gasteiger partial charge is 0.464 e. The molecule has 0 radical (unpaired) electrons. The maximum absolute atomic E-state index is 11.3. The molecule has 1 aliphatic rings. The Kier molecular flexibility index (Phi) is 3.25. The third-order valence-electron chi connectivity index (χ3n) is 3.04. The average molecular weight is 275 g/mol. The number of carbonyl (C=O) groups excluding carboxylic acids is 1. The zero-order valence-electron chi connectivity index (χ0n) is 10.4. The molecule has 1 aromatic carbocycles. The Hall–Kier alpha value is -1.82. The van der Waals surface area contributed by atoms with Gasteiger partial charge in [0.15, 0.2) is 5.69 Å². The lowest BCUT2D eigenvalue weighted by Gasteiger charge is -2.06. The summed E-state index contributed by atoms with van der Waals surface area (Å²) in [5.74, 6) is -0.450. The lowest BCUT2D eigenvalue weighted by molar-refractivity contribution is 0.0594. The summed E-state index contributed by atoms with van der Waals surface area (Å²) in [6.45, 7) is 0.739. The first kappa shape index (κ1) is 12.2. The summed E-state index contributed by atoms with van der Waals surface area (Å²) in [7, 11) is 1.34. The molecule has 0 spiro atoms. The highest BCUT2D eigenvalue weighted by atomic mass is 32.2. The van der Waals surface area contributed by atoms with Crippen LogP contribution in [0.2, 0.25) is 0 Å². The monoisotopic (exact) mass is 275 g/mol. The van der Waals surface area contributed by atoms with E-state index in [0.29, 0.717) is 5.25 Å². The molecular formula is C13H13N3O2S. The van der Waals surface area contributed by atoms with Crippen LogP contribution in [-0.4, -0.2) is 33.3 Å². The second-order valence-electron chi connectivity index (χ2n) is 4.37. The van der Waals surface area contributed by atoms with Crippen molar-refractivity contribution in [2.45, 2.75) is 23.1 Å². The second-order valence-corrected chi connectivity index (χ2v) is 5.71. The first-order valence-electron chi connectivity index (χ1n) is 5.99. The van der Waals surface area contributed by atoms with Crippen LogP contribution in [0.3, 0.4) is 0 Å². The predicted molar refractivity (Wildman–Crippen MR) is 71.2 cm³/mol. The fraction of sp³-hybridized carbons (Fsp3) is 0.308. The molecule has 0 bridgehead atoms. The van der Waals surface area contributed by atoms with Crippen LogP contribution in [0.25, 0.3) is 0 Å². The lowest BCUT2D eigenvalue weighted by atomic mass is 10.1. The number of fused-ring (bicyclic) bond motifs is 1.